The Labute approximate surface area is 246 Å². The summed E-state index contributed by atoms with van der Waals surface area (Å²) in [5, 5.41) is 0. The molecule has 3 rings (SSSR count). The van der Waals surface area contributed by atoms with E-state index in [2.05, 4.69) is 32.6 Å². The largest absolute Gasteiger partial charge is 0.379 e. The SMILES string of the molecule is CC(C)CC(=O)C1CCCCC1.CC(C)N(C)C(=O)C1CCCCC1.CC(C)N(C)C(=O)[C@H](C)N1CCOCC1. The maximum atomic E-state index is 12.0. The summed E-state index contributed by atoms with van der Waals surface area (Å²) in [7, 11) is 3.78. The molecule has 1 saturated heterocycles. The van der Waals surface area contributed by atoms with Crippen molar-refractivity contribution in [3.05, 3.63) is 0 Å². The van der Waals surface area contributed by atoms with Gasteiger partial charge in [-0.25, -0.2) is 0 Å². The van der Waals surface area contributed by atoms with Gasteiger partial charge in [0.2, 0.25) is 11.8 Å². The molecule has 0 unspecified atom stereocenters. The fourth-order valence-corrected chi connectivity index (χ4v) is 5.56. The lowest BCUT2D eigenvalue weighted by Crippen LogP contribution is -2.51. The number of amides is 2. The number of ether oxygens (including phenoxy) is 1. The maximum Gasteiger partial charge on any atom is 0.239 e. The van der Waals surface area contributed by atoms with E-state index in [1.807, 2.05) is 39.8 Å². The monoisotopic (exact) mass is 565 g/mol. The lowest BCUT2D eigenvalue weighted by Gasteiger charge is -2.34. The topological polar surface area (TPSA) is 70.2 Å². The zero-order valence-corrected chi connectivity index (χ0v) is 27.5. The van der Waals surface area contributed by atoms with Crippen molar-refractivity contribution in [3.8, 4) is 0 Å². The smallest absolute Gasteiger partial charge is 0.239 e. The average Bonchev–Trinajstić information content (AvgIpc) is 2.96. The number of rotatable bonds is 8. The number of likely N-dealkylation sites (N-methyl/N-ethyl adjacent to an activating group) is 1. The summed E-state index contributed by atoms with van der Waals surface area (Å²) in [6, 6.07) is 0.580. The number of nitrogens with zero attached hydrogens (tertiary/aromatic N) is 3. The van der Waals surface area contributed by atoms with Gasteiger partial charge in [-0.1, -0.05) is 52.4 Å². The molecule has 0 aromatic heterocycles. The van der Waals surface area contributed by atoms with Crippen LogP contribution in [-0.2, 0) is 19.1 Å². The van der Waals surface area contributed by atoms with Gasteiger partial charge >= 0.3 is 0 Å². The van der Waals surface area contributed by atoms with Gasteiger partial charge in [0.1, 0.15) is 5.78 Å². The molecule has 40 heavy (non-hydrogen) atoms. The maximum absolute atomic E-state index is 12.0. The average molecular weight is 566 g/mol. The molecule has 1 heterocycles. The Bertz CT molecular complexity index is 721. The summed E-state index contributed by atoms with van der Waals surface area (Å²) in [5.74, 6) is 2.35. The van der Waals surface area contributed by atoms with Gasteiger partial charge in [0.15, 0.2) is 0 Å². The van der Waals surface area contributed by atoms with Crippen molar-refractivity contribution in [2.24, 2.45) is 17.8 Å². The van der Waals surface area contributed by atoms with Gasteiger partial charge in [0.25, 0.3) is 0 Å². The van der Waals surface area contributed by atoms with Crippen molar-refractivity contribution < 1.29 is 19.1 Å². The Morgan fingerprint density at radius 2 is 1.15 bits per heavy atom. The number of ketones is 1. The standard InChI is InChI=1S/C11H22N2O2.C11H21NO.C11H20O/c1-9(2)12(4)11(14)10(3)13-5-7-15-8-6-13;1-9(2)12(3)11(13)10-7-5-4-6-8-10;1-9(2)8-11(12)10-6-4-3-5-7-10/h9-10H,5-8H2,1-4H3;9-10H,4-8H2,1-3H3;9-10H,3-8H2,1-2H3/t10-;;/m0../s1. The van der Waals surface area contributed by atoms with Crippen LogP contribution in [-0.4, -0.2) is 90.8 Å². The second-order valence-corrected chi connectivity index (χ2v) is 13.1. The molecule has 0 aromatic carbocycles. The molecule has 7 nitrogen and oxygen atoms in total. The summed E-state index contributed by atoms with van der Waals surface area (Å²) in [6.45, 7) is 17.6. The number of hydrogen-bond acceptors (Lipinski definition) is 5. The third-order valence-corrected chi connectivity index (χ3v) is 8.82. The van der Waals surface area contributed by atoms with Gasteiger partial charge in [-0.05, 0) is 66.2 Å². The van der Waals surface area contributed by atoms with E-state index >= 15 is 0 Å². The van der Waals surface area contributed by atoms with Crippen LogP contribution in [0.2, 0.25) is 0 Å². The third kappa shape index (κ3) is 13.5. The van der Waals surface area contributed by atoms with E-state index < -0.39 is 0 Å². The molecule has 234 valence electrons. The number of hydrogen-bond donors (Lipinski definition) is 0. The second-order valence-electron chi connectivity index (χ2n) is 13.1. The van der Waals surface area contributed by atoms with E-state index in [1.165, 1.54) is 38.5 Å². The minimum atomic E-state index is -0.0266. The van der Waals surface area contributed by atoms with E-state index in [1.54, 1.807) is 4.90 Å². The van der Waals surface area contributed by atoms with Crippen molar-refractivity contribution in [1.82, 2.24) is 14.7 Å². The Morgan fingerprint density at radius 3 is 1.57 bits per heavy atom. The van der Waals surface area contributed by atoms with Crippen molar-refractivity contribution in [1.29, 1.82) is 0 Å². The number of carbonyl (C=O) groups is 3. The van der Waals surface area contributed by atoms with Gasteiger partial charge in [-0.2, -0.15) is 0 Å². The Kier molecular flexibility index (Phi) is 17.9. The molecule has 0 bridgehead atoms. The van der Waals surface area contributed by atoms with Gasteiger partial charge in [0.05, 0.1) is 19.3 Å². The van der Waals surface area contributed by atoms with Crippen LogP contribution >= 0.6 is 0 Å². The Balaban J connectivity index is 0.000000302. The fraction of sp³-hybridized carbons (Fsp3) is 0.909. The van der Waals surface area contributed by atoms with E-state index in [0.717, 1.165) is 58.4 Å². The second kappa shape index (κ2) is 19.6. The van der Waals surface area contributed by atoms with Crippen molar-refractivity contribution >= 4 is 17.6 Å². The predicted molar refractivity (Wildman–Crippen MR) is 165 cm³/mol. The van der Waals surface area contributed by atoms with E-state index in [0.29, 0.717) is 35.5 Å². The van der Waals surface area contributed by atoms with Crippen molar-refractivity contribution in [3.63, 3.8) is 0 Å². The van der Waals surface area contributed by atoms with E-state index in [4.69, 9.17) is 4.74 Å². The van der Waals surface area contributed by atoms with Crippen LogP contribution in [0.15, 0.2) is 0 Å². The normalized spacial score (nSPS) is 19.8. The van der Waals surface area contributed by atoms with Crippen LogP contribution in [0.1, 0.15) is 119 Å². The zero-order chi connectivity index (χ0) is 30.2. The summed E-state index contributed by atoms with van der Waals surface area (Å²) in [5.41, 5.74) is 0. The minimum Gasteiger partial charge on any atom is -0.379 e. The van der Waals surface area contributed by atoms with E-state index in [9.17, 15) is 14.4 Å². The van der Waals surface area contributed by atoms with Crippen LogP contribution in [0.4, 0.5) is 0 Å². The molecule has 3 fully saturated rings. The highest BCUT2D eigenvalue weighted by Gasteiger charge is 2.27. The highest BCUT2D eigenvalue weighted by atomic mass is 16.5. The molecule has 3 aliphatic rings. The molecule has 0 aromatic rings. The minimum absolute atomic E-state index is 0.0266. The molecule has 0 radical (unpaired) electrons. The first kappa shape index (κ1) is 36.6. The molecular formula is C33H63N3O4. The summed E-state index contributed by atoms with van der Waals surface area (Å²) >= 11 is 0. The summed E-state index contributed by atoms with van der Waals surface area (Å²) in [6.07, 6.45) is 13.0. The highest BCUT2D eigenvalue weighted by Crippen LogP contribution is 2.26. The number of Topliss-reactive ketones (excluding diaryl/α,β-unsaturated/α-hetero) is 1. The lowest BCUT2D eigenvalue weighted by atomic mass is 9.84. The molecule has 7 heteroatoms. The summed E-state index contributed by atoms with van der Waals surface area (Å²) < 4.78 is 5.27. The molecule has 1 aliphatic heterocycles. The molecule has 1 atom stereocenters. The molecule has 2 aliphatic carbocycles. The van der Waals surface area contributed by atoms with Crippen LogP contribution in [0, 0.1) is 17.8 Å². The molecular weight excluding hydrogens is 502 g/mol. The lowest BCUT2D eigenvalue weighted by molar-refractivity contribution is -0.138. The molecule has 2 saturated carbocycles. The van der Waals surface area contributed by atoms with Gasteiger partial charge in [0, 0.05) is 57.5 Å². The fourth-order valence-electron chi connectivity index (χ4n) is 5.56. The van der Waals surface area contributed by atoms with E-state index in [-0.39, 0.29) is 18.0 Å². The Hall–Kier alpha value is -1.47. The first-order chi connectivity index (χ1) is 18.9. The number of morpholine rings is 1. The van der Waals surface area contributed by atoms with Crippen LogP contribution < -0.4 is 0 Å². The third-order valence-electron chi connectivity index (χ3n) is 8.82. The zero-order valence-electron chi connectivity index (χ0n) is 27.5. The molecule has 0 spiro atoms. The Morgan fingerprint density at radius 1 is 0.700 bits per heavy atom. The van der Waals surface area contributed by atoms with Gasteiger partial charge in [-0.3, -0.25) is 19.3 Å². The molecule has 0 N–H and O–H groups in total. The first-order valence-corrected chi connectivity index (χ1v) is 16.2. The number of carbonyl (C=O) groups excluding carboxylic acids is 3. The highest BCUT2D eigenvalue weighted by molar-refractivity contribution is 5.81. The van der Waals surface area contributed by atoms with Crippen LogP contribution in [0.5, 0.6) is 0 Å². The quantitative estimate of drug-likeness (QED) is 0.351. The van der Waals surface area contributed by atoms with Crippen molar-refractivity contribution in [2.75, 3.05) is 40.4 Å². The summed E-state index contributed by atoms with van der Waals surface area (Å²) in [4.78, 5) is 41.4. The van der Waals surface area contributed by atoms with Crippen molar-refractivity contribution in [2.45, 2.75) is 137 Å². The first-order valence-electron chi connectivity index (χ1n) is 16.2. The van der Waals surface area contributed by atoms with Crippen LogP contribution in [0.25, 0.3) is 0 Å². The van der Waals surface area contributed by atoms with Crippen LogP contribution in [0.3, 0.4) is 0 Å². The predicted octanol–water partition coefficient (Wildman–Crippen LogP) is 6.19. The molecule has 2 amide bonds. The van der Waals surface area contributed by atoms with Gasteiger partial charge < -0.3 is 14.5 Å². The van der Waals surface area contributed by atoms with Gasteiger partial charge in [-0.15, -0.1) is 0 Å².